The van der Waals surface area contributed by atoms with Crippen molar-refractivity contribution in [2.24, 2.45) is 0 Å². The molecule has 2 rings (SSSR count). The van der Waals surface area contributed by atoms with Gasteiger partial charge in [-0.25, -0.2) is 4.98 Å². The Labute approximate surface area is 120 Å². The van der Waals surface area contributed by atoms with Crippen molar-refractivity contribution in [3.63, 3.8) is 0 Å². The number of pyridine rings is 1. The second kappa shape index (κ2) is 7.24. The van der Waals surface area contributed by atoms with Gasteiger partial charge >= 0.3 is 0 Å². The molecule has 2 heterocycles. The van der Waals surface area contributed by atoms with Crippen LogP contribution in [0.4, 0.5) is 5.69 Å². The van der Waals surface area contributed by atoms with Crippen LogP contribution in [0.3, 0.4) is 0 Å². The summed E-state index contributed by atoms with van der Waals surface area (Å²) in [4.78, 5) is 18.4. The van der Waals surface area contributed by atoms with Gasteiger partial charge in [-0.3, -0.25) is 4.79 Å². The van der Waals surface area contributed by atoms with Crippen LogP contribution in [0, 0.1) is 0 Å². The Kier molecular flexibility index (Phi) is 5.35. The number of carbonyl (C=O) groups is 1. The van der Waals surface area contributed by atoms with Crippen LogP contribution in [-0.2, 0) is 0 Å². The normalized spacial score (nSPS) is 18.9. The Morgan fingerprint density at radius 3 is 3.00 bits per heavy atom. The molecule has 0 aromatic carbocycles. The standard InChI is InChI=1S/C15H23N3O2/c1-2-8-16-12-6-7-14(17-10-12)15(20)18-9-4-3-5-13(18)11-19/h6-7,10,13,16,19H,2-5,8-9,11H2,1H3. The van der Waals surface area contributed by atoms with Crippen LogP contribution < -0.4 is 5.32 Å². The van der Waals surface area contributed by atoms with Gasteiger partial charge in [0.1, 0.15) is 5.69 Å². The molecular weight excluding hydrogens is 254 g/mol. The Balaban J connectivity index is 2.04. The Morgan fingerprint density at radius 1 is 1.50 bits per heavy atom. The van der Waals surface area contributed by atoms with Crippen molar-refractivity contribution in [1.29, 1.82) is 0 Å². The molecule has 5 nitrogen and oxygen atoms in total. The number of anilines is 1. The van der Waals surface area contributed by atoms with Gasteiger partial charge in [0.15, 0.2) is 0 Å². The predicted octanol–water partition coefficient (Wildman–Crippen LogP) is 1.89. The number of likely N-dealkylation sites (tertiary alicyclic amines) is 1. The lowest BCUT2D eigenvalue weighted by atomic mass is 10.0. The monoisotopic (exact) mass is 277 g/mol. The van der Waals surface area contributed by atoms with Gasteiger partial charge < -0.3 is 15.3 Å². The van der Waals surface area contributed by atoms with Gasteiger partial charge in [0.05, 0.1) is 24.5 Å². The minimum atomic E-state index is -0.0780. The van der Waals surface area contributed by atoms with Crippen molar-refractivity contribution in [1.82, 2.24) is 9.88 Å². The van der Waals surface area contributed by atoms with E-state index in [1.807, 2.05) is 6.07 Å². The minimum Gasteiger partial charge on any atom is -0.394 e. The fourth-order valence-electron chi connectivity index (χ4n) is 2.50. The highest BCUT2D eigenvalue weighted by Crippen LogP contribution is 2.19. The van der Waals surface area contributed by atoms with Gasteiger partial charge in [-0.1, -0.05) is 6.92 Å². The zero-order valence-corrected chi connectivity index (χ0v) is 12.0. The molecule has 1 amide bonds. The van der Waals surface area contributed by atoms with Crippen molar-refractivity contribution < 1.29 is 9.90 Å². The molecule has 5 heteroatoms. The van der Waals surface area contributed by atoms with Gasteiger partial charge in [0, 0.05) is 13.1 Å². The molecule has 0 bridgehead atoms. The first-order chi connectivity index (χ1) is 9.76. The smallest absolute Gasteiger partial charge is 0.272 e. The highest BCUT2D eigenvalue weighted by Gasteiger charge is 2.27. The number of rotatable bonds is 5. The van der Waals surface area contributed by atoms with Crippen molar-refractivity contribution in [2.75, 3.05) is 25.0 Å². The van der Waals surface area contributed by atoms with Crippen LogP contribution in [0.5, 0.6) is 0 Å². The predicted molar refractivity (Wildman–Crippen MR) is 78.8 cm³/mol. The van der Waals surface area contributed by atoms with Crippen LogP contribution in [0.25, 0.3) is 0 Å². The maximum Gasteiger partial charge on any atom is 0.272 e. The lowest BCUT2D eigenvalue weighted by Crippen LogP contribution is -2.45. The molecule has 1 aromatic rings. The molecule has 1 aromatic heterocycles. The zero-order valence-electron chi connectivity index (χ0n) is 12.0. The fraction of sp³-hybridized carbons (Fsp3) is 0.600. The summed E-state index contributed by atoms with van der Waals surface area (Å²) in [6, 6.07) is 3.58. The highest BCUT2D eigenvalue weighted by molar-refractivity contribution is 5.92. The molecule has 0 spiro atoms. The van der Waals surface area contributed by atoms with Gasteiger partial charge in [-0.05, 0) is 37.8 Å². The Hall–Kier alpha value is -1.62. The van der Waals surface area contributed by atoms with E-state index in [0.717, 1.165) is 37.9 Å². The van der Waals surface area contributed by atoms with Gasteiger partial charge in [0.2, 0.25) is 0 Å². The summed E-state index contributed by atoms with van der Waals surface area (Å²) in [5.74, 6) is -0.0780. The molecule has 1 atom stereocenters. The molecule has 20 heavy (non-hydrogen) atoms. The summed E-state index contributed by atoms with van der Waals surface area (Å²) in [5.41, 5.74) is 1.38. The average Bonchev–Trinajstić information content (AvgIpc) is 2.52. The number of piperidine rings is 1. The lowest BCUT2D eigenvalue weighted by Gasteiger charge is -2.34. The molecule has 110 valence electrons. The third-order valence-corrected chi connectivity index (χ3v) is 3.66. The van der Waals surface area contributed by atoms with Gasteiger partial charge in [-0.15, -0.1) is 0 Å². The Bertz CT molecular complexity index is 433. The number of nitrogens with one attached hydrogen (secondary N) is 1. The largest absolute Gasteiger partial charge is 0.394 e. The molecule has 1 aliphatic heterocycles. The summed E-state index contributed by atoms with van der Waals surface area (Å²) in [7, 11) is 0. The number of hydrogen-bond donors (Lipinski definition) is 2. The summed E-state index contributed by atoms with van der Waals surface area (Å²) in [6.45, 7) is 3.74. The van der Waals surface area contributed by atoms with Crippen LogP contribution in [0.15, 0.2) is 18.3 Å². The summed E-state index contributed by atoms with van der Waals surface area (Å²) in [5, 5.41) is 12.6. The van der Waals surface area contributed by atoms with Crippen molar-refractivity contribution in [2.45, 2.75) is 38.6 Å². The minimum absolute atomic E-state index is 0.0296. The third kappa shape index (κ3) is 3.48. The summed E-state index contributed by atoms with van der Waals surface area (Å²) >= 11 is 0. The molecule has 0 aliphatic carbocycles. The quantitative estimate of drug-likeness (QED) is 0.862. The van der Waals surface area contributed by atoms with E-state index < -0.39 is 0 Å². The van der Waals surface area contributed by atoms with E-state index in [1.54, 1.807) is 17.2 Å². The molecular formula is C15H23N3O2. The van der Waals surface area contributed by atoms with E-state index in [0.29, 0.717) is 12.2 Å². The Morgan fingerprint density at radius 2 is 2.35 bits per heavy atom. The van der Waals surface area contributed by atoms with Crippen molar-refractivity contribution in [3.05, 3.63) is 24.0 Å². The van der Waals surface area contributed by atoms with Crippen LogP contribution in [0.2, 0.25) is 0 Å². The number of nitrogens with zero attached hydrogens (tertiary/aromatic N) is 2. The second-order valence-corrected chi connectivity index (χ2v) is 5.19. The number of aliphatic hydroxyl groups excluding tert-OH is 1. The molecule has 1 fully saturated rings. The number of aromatic nitrogens is 1. The van der Waals surface area contributed by atoms with Crippen LogP contribution in [-0.4, -0.2) is 46.6 Å². The SMILES string of the molecule is CCCNc1ccc(C(=O)N2CCCCC2CO)nc1. The number of hydrogen-bond acceptors (Lipinski definition) is 4. The van der Waals surface area contributed by atoms with E-state index in [4.69, 9.17) is 0 Å². The average molecular weight is 277 g/mol. The molecule has 0 saturated carbocycles. The van der Waals surface area contributed by atoms with Crippen LogP contribution in [0.1, 0.15) is 43.1 Å². The number of amides is 1. The molecule has 1 unspecified atom stereocenters. The maximum absolute atomic E-state index is 12.4. The zero-order chi connectivity index (χ0) is 14.4. The number of aliphatic hydroxyl groups is 1. The molecule has 1 aliphatic rings. The van der Waals surface area contributed by atoms with Crippen molar-refractivity contribution >= 4 is 11.6 Å². The van der Waals surface area contributed by atoms with E-state index >= 15 is 0 Å². The van der Waals surface area contributed by atoms with Gasteiger partial charge in [0.25, 0.3) is 5.91 Å². The van der Waals surface area contributed by atoms with Crippen molar-refractivity contribution in [3.8, 4) is 0 Å². The van der Waals surface area contributed by atoms with E-state index in [1.165, 1.54) is 0 Å². The third-order valence-electron chi connectivity index (χ3n) is 3.66. The topological polar surface area (TPSA) is 65.5 Å². The van der Waals surface area contributed by atoms with E-state index in [9.17, 15) is 9.90 Å². The molecule has 0 radical (unpaired) electrons. The first-order valence-electron chi connectivity index (χ1n) is 7.38. The molecule has 1 saturated heterocycles. The van der Waals surface area contributed by atoms with E-state index in [2.05, 4.69) is 17.2 Å². The first kappa shape index (κ1) is 14.8. The second-order valence-electron chi connectivity index (χ2n) is 5.19. The maximum atomic E-state index is 12.4. The molecule has 2 N–H and O–H groups in total. The number of carbonyl (C=O) groups excluding carboxylic acids is 1. The van der Waals surface area contributed by atoms with E-state index in [-0.39, 0.29) is 18.6 Å². The fourth-order valence-corrected chi connectivity index (χ4v) is 2.50. The summed E-state index contributed by atoms with van der Waals surface area (Å²) < 4.78 is 0. The lowest BCUT2D eigenvalue weighted by molar-refractivity contribution is 0.0497. The highest BCUT2D eigenvalue weighted by atomic mass is 16.3. The first-order valence-corrected chi connectivity index (χ1v) is 7.38. The van der Waals surface area contributed by atoms with Gasteiger partial charge in [-0.2, -0.15) is 0 Å². The summed E-state index contributed by atoms with van der Waals surface area (Å²) in [6.07, 6.45) is 5.69. The van der Waals surface area contributed by atoms with Crippen LogP contribution >= 0.6 is 0 Å².